The number of carbonyl (C=O) groups is 1. The van der Waals surface area contributed by atoms with Gasteiger partial charge in [0.15, 0.2) is 12.6 Å². The van der Waals surface area contributed by atoms with E-state index in [-0.39, 0.29) is 6.10 Å². The number of hydrogen-bond acceptors (Lipinski definition) is 3. The first-order valence-corrected chi connectivity index (χ1v) is 3.56. The zero-order chi connectivity index (χ0) is 8.43. The van der Waals surface area contributed by atoms with E-state index in [0.717, 1.165) is 11.9 Å². The molecule has 0 amide bonds. The van der Waals surface area contributed by atoms with Gasteiger partial charge in [-0.15, -0.1) is 0 Å². The van der Waals surface area contributed by atoms with Crippen LogP contribution in [0.4, 0.5) is 0 Å². The molecule has 0 saturated carbocycles. The molecule has 3 heteroatoms. The van der Waals surface area contributed by atoms with E-state index >= 15 is 0 Å². The molecule has 3 unspecified atom stereocenters. The third kappa shape index (κ3) is 1.67. The third-order valence-corrected chi connectivity index (χ3v) is 1.62. The van der Waals surface area contributed by atoms with Crippen molar-refractivity contribution in [3.05, 3.63) is 12.2 Å². The molecule has 0 aromatic rings. The summed E-state index contributed by atoms with van der Waals surface area (Å²) in [6.07, 6.45) is -0.237. The van der Waals surface area contributed by atoms with E-state index in [9.17, 15) is 4.79 Å². The summed E-state index contributed by atoms with van der Waals surface area (Å²) in [7, 11) is 0. The largest absolute Gasteiger partial charge is 0.343 e. The van der Waals surface area contributed by atoms with Crippen molar-refractivity contribution >= 4 is 6.29 Å². The second kappa shape index (κ2) is 3.15. The van der Waals surface area contributed by atoms with Gasteiger partial charge in [-0.3, -0.25) is 0 Å². The molecule has 3 nitrogen and oxygen atoms in total. The van der Waals surface area contributed by atoms with Crippen LogP contribution in [0.5, 0.6) is 0 Å². The van der Waals surface area contributed by atoms with Gasteiger partial charge in [-0.25, -0.2) is 0 Å². The summed E-state index contributed by atoms with van der Waals surface area (Å²) in [5.74, 6) is 0. The van der Waals surface area contributed by atoms with Crippen LogP contribution in [-0.2, 0) is 14.3 Å². The standard InChI is InChI=1S/C8H12O3/c1-5(2)8-10-6(3)7(4-9)11-8/h4,6-8H,1H2,2-3H3. The lowest BCUT2D eigenvalue weighted by molar-refractivity contribution is -0.117. The molecule has 1 fully saturated rings. The van der Waals surface area contributed by atoms with Crippen LogP contribution < -0.4 is 0 Å². The number of carbonyl (C=O) groups excluding carboxylic acids is 1. The Kier molecular flexibility index (Phi) is 2.42. The van der Waals surface area contributed by atoms with Gasteiger partial charge in [-0.05, 0) is 19.4 Å². The van der Waals surface area contributed by atoms with Crippen molar-refractivity contribution in [3.8, 4) is 0 Å². The van der Waals surface area contributed by atoms with Gasteiger partial charge in [-0.2, -0.15) is 0 Å². The van der Waals surface area contributed by atoms with Crippen LogP contribution in [0, 0.1) is 0 Å². The van der Waals surface area contributed by atoms with Crippen molar-refractivity contribution < 1.29 is 14.3 Å². The molecule has 0 aromatic carbocycles. The molecule has 62 valence electrons. The Morgan fingerprint density at radius 3 is 2.45 bits per heavy atom. The molecular weight excluding hydrogens is 144 g/mol. The fourth-order valence-electron chi connectivity index (χ4n) is 0.933. The molecule has 3 atom stereocenters. The first-order valence-electron chi connectivity index (χ1n) is 3.56. The Morgan fingerprint density at radius 2 is 2.18 bits per heavy atom. The molecule has 1 aliphatic rings. The zero-order valence-electron chi connectivity index (χ0n) is 6.74. The maximum absolute atomic E-state index is 10.4. The fraction of sp³-hybridized carbons (Fsp3) is 0.625. The van der Waals surface area contributed by atoms with Crippen molar-refractivity contribution in [2.75, 3.05) is 0 Å². The normalized spacial score (nSPS) is 37.1. The lowest BCUT2D eigenvalue weighted by atomic mass is 10.3. The number of aldehydes is 1. The first kappa shape index (κ1) is 8.43. The van der Waals surface area contributed by atoms with Crippen molar-refractivity contribution in [2.24, 2.45) is 0 Å². The lowest BCUT2D eigenvalue weighted by Gasteiger charge is -2.07. The Labute approximate surface area is 66.0 Å². The van der Waals surface area contributed by atoms with Crippen molar-refractivity contribution in [2.45, 2.75) is 32.3 Å². The molecule has 0 aliphatic carbocycles. The highest BCUT2D eigenvalue weighted by molar-refractivity contribution is 5.57. The highest BCUT2D eigenvalue weighted by Crippen LogP contribution is 2.21. The van der Waals surface area contributed by atoms with Crippen LogP contribution in [0.1, 0.15) is 13.8 Å². The van der Waals surface area contributed by atoms with Gasteiger partial charge in [0.25, 0.3) is 0 Å². The molecule has 1 rings (SSSR count). The van der Waals surface area contributed by atoms with E-state index in [1.165, 1.54) is 0 Å². The predicted octanol–water partition coefficient (Wildman–Crippen LogP) is 0.891. The summed E-state index contributed by atoms with van der Waals surface area (Å²) in [6, 6.07) is 0. The van der Waals surface area contributed by atoms with E-state index in [2.05, 4.69) is 6.58 Å². The van der Waals surface area contributed by atoms with Gasteiger partial charge < -0.3 is 14.3 Å². The Balaban J connectivity index is 2.56. The Hall–Kier alpha value is -0.670. The van der Waals surface area contributed by atoms with E-state index in [4.69, 9.17) is 9.47 Å². The first-order chi connectivity index (χ1) is 5.15. The SMILES string of the molecule is C=C(C)C1OC(C)C(C=O)O1. The molecule has 0 spiro atoms. The third-order valence-electron chi connectivity index (χ3n) is 1.62. The summed E-state index contributed by atoms with van der Waals surface area (Å²) in [5, 5.41) is 0. The van der Waals surface area contributed by atoms with Gasteiger partial charge in [0.2, 0.25) is 0 Å². The Bertz CT molecular complexity index is 176. The van der Waals surface area contributed by atoms with E-state index < -0.39 is 12.4 Å². The summed E-state index contributed by atoms with van der Waals surface area (Å²) in [6.45, 7) is 7.29. The van der Waals surface area contributed by atoms with Crippen molar-refractivity contribution in [3.63, 3.8) is 0 Å². The van der Waals surface area contributed by atoms with Crippen LogP contribution in [0.25, 0.3) is 0 Å². The lowest BCUT2D eigenvalue weighted by Crippen LogP contribution is -2.19. The van der Waals surface area contributed by atoms with Crippen LogP contribution in [0.15, 0.2) is 12.2 Å². The molecule has 1 saturated heterocycles. The highest BCUT2D eigenvalue weighted by atomic mass is 16.7. The van der Waals surface area contributed by atoms with Crippen LogP contribution in [0.2, 0.25) is 0 Å². The Morgan fingerprint density at radius 1 is 1.55 bits per heavy atom. The molecular formula is C8H12O3. The zero-order valence-corrected chi connectivity index (χ0v) is 6.74. The minimum Gasteiger partial charge on any atom is -0.343 e. The van der Waals surface area contributed by atoms with Crippen molar-refractivity contribution in [1.82, 2.24) is 0 Å². The quantitative estimate of drug-likeness (QED) is 0.440. The monoisotopic (exact) mass is 156 g/mol. The van der Waals surface area contributed by atoms with Crippen LogP contribution >= 0.6 is 0 Å². The molecule has 0 bridgehead atoms. The minimum absolute atomic E-state index is 0.158. The van der Waals surface area contributed by atoms with E-state index in [1.54, 1.807) is 0 Å². The molecule has 1 aliphatic heterocycles. The van der Waals surface area contributed by atoms with Crippen LogP contribution in [-0.4, -0.2) is 24.8 Å². The van der Waals surface area contributed by atoms with Crippen LogP contribution in [0.3, 0.4) is 0 Å². The molecule has 0 radical (unpaired) electrons. The van der Waals surface area contributed by atoms with Gasteiger partial charge in [0.05, 0.1) is 6.10 Å². The second-order valence-electron chi connectivity index (χ2n) is 2.76. The van der Waals surface area contributed by atoms with Gasteiger partial charge in [0.1, 0.15) is 6.10 Å². The molecule has 0 N–H and O–H groups in total. The average Bonchev–Trinajstić information content (AvgIpc) is 2.31. The topological polar surface area (TPSA) is 35.5 Å². The summed E-state index contributed by atoms with van der Waals surface area (Å²) in [5.41, 5.74) is 0.793. The minimum atomic E-state index is -0.434. The molecule has 0 aromatic heterocycles. The van der Waals surface area contributed by atoms with Crippen molar-refractivity contribution in [1.29, 1.82) is 0 Å². The summed E-state index contributed by atoms with van der Waals surface area (Å²) < 4.78 is 10.5. The predicted molar refractivity (Wildman–Crippen MR) is 40.1 cm³/mol. The molecule has 11 heavy (non-hydrogen) atoms. The van der Waals surface area contributed by atoms with E-state index in [0.29, 0.717) is 0 Å². The van der Waals surface area contributed by atoms with Gasteiger partial charge >= 0.3 is 0 Å². The van der Waals surface area contributed by atoms with E-state index in [1.807, 2.05) is 13.8 Å². The van der Waals surface area contributed by atoms with Gasteiger partial charge in [-0.1, -0.05) is 6.58 Å². The number of hydrogen-bond donors (Lipinski definition) is 0. The maximum atomic E-state index is 10.4. The maximum Gasteiger partial charge on any atom is 0.180 e. The van der Waals surface area contributed by atoms with Gasteiger partial charge in [0, 0.05) is 0 Å². The average molecular weight is 156 g/mol. The smallest absolute Gasteiger partial charge is 0.180 e. The summed E-state index contributed by atoms with van der Waals surface area (Å²) >= 11 is 0. The second-order valence-corrected chi connectivity index (χ2v) is 2.76. The number of rotatable bonds is 2. The fourth-order valence-corrected chi connectivity index (χ4v) is 0.933. The number of ether oxygens (including phenoxy) is 2. The summed E-state index contributed by atoms with van der Waals surface area (Å²) in [4.78, 5) is 10.4. The highest BCUT2D eigenvalue weighted by Gasteiger charge is 2.32. The molecule has 1 heterocycles.